The van der Waals surface area contributed by atoms with Crippen LogP contribution in [0.15, 0.2) is 30.3 Å². The summed E-state index contributed by atoms with van der Waals surface area (Å²) in [4.78, 5) is 0. The van der Waals surface area contributed by atoms with Crippen LogP contribution in [-0.4, -0.2) is 18.3 Å². The van der Waals surface area contributed by atoms with E-state index < -0.39 is 0 Å². The number of hydrogen-bond acceptors (Lipinski definition) is 2. The van der Waals surface area contributed by atoms with Gasteiger partial charge in [0.1, 0.15) is 0 Å². The van der Waals surface area contributed by atoms with Crippen molar-refractivity contribution in [3.8, 4) is 0 Å². The van der Waals surface area contributed by atoms with E-state index in [1.165, 1.54) is 5.56 Å². The Bertz CT molecular complexity index is 273. The molecule has 0 saturated heterocycles. The van der Waals surface area contributed by atoms with Crippen molar-refractivity contribution in [2.45, 2.75) is 26.2 Å². The first-order chi connectivity index (χ1) is 7.20. The first-order valence-corrected chi connectivity index (χ1v) is 5.55. The second kappa shape index (κ2) is 5.89. The van der Waals surface area contributed by atoms with Crippen molar-refractivity contribution in [2.24, 2.45) is 11.1 Å². The summed E-state index contributed by atoms with van der Waals surface area (Å²) in [6, 6.07) is 10.4. The molecule has 0 bridgehead atoms. The van der Waals surface area contributed by atoms with Gasteiger partial charge < -0.3 is 10.8 Å². The van der Waals surface area contributed by atoms with Crippen molar-refractivity contribution in [1.29, 1.82) is 0 Å². The standard InChI is InChI=1S/C13H21NO/c1-13(11-14,9-10-15)8-7-12-5-3-2-4-6-12/h2-6,15H,7-11,14H2,1H3. The first-order valence-electron chi connectivity index (χ1n) is 5.55. The summed E-state index contributed by atoms with van der Waals surface area (Å²) in [7, 11) is 0. The van der Waals surface area contributed by atoms with Crippen molar-refractivity contribution < 1.29 is 5.11 Å². The molecule has 0 heterocycles. The zero-order chi connectivity index (χ0) is 11.1. The molecule has 0 saturated carbocycles. The highest BCUT2D eigenvalue weighted by Gasteiger charge is 2.21. The summed E-state index contributed by atoms with van der Waals surface area (Å²) in [5, 5.41) is 8.97. The number of aliphatic hydroxyl groups is 1. The molecule has 1 rings (SSSR count). The Morgan fingerprint density at radius 3 is 2.40 bits per heavy atom. The van der Waals surface area contributed by atoms with Crippen molar-refractivity contribution in [3.63, 3.8) is 0 Å². The number of nitrogens with two attached hydrogens (primary N) is 1. The minimum atomic E-state index is 0.0740. The van der Waals surface area contributed by atoms with Gasteiger partial charge in [-0.25, -0.2) is 0 Å². The minimum Gasteiger partial charge on any atom is -0.396 e. The lowest BCUT2D eigenvalue weighted by atomic mass is 9.81. The molecule has 0 aliphatic rings. The van der Waals surface area contributed by atoms with Gasteiger partial charge >= 0.3 is 0 Å². The lowest BCUT2D eigenvalue weighted by Gasteiger charge is -2.27. The van der Waals surface area contributed by atoms with E-state index in [0.29, 0.717) is 6.54 Å². The second-order valence-corrected chi connectivity index (χ2v) is 4.47. The number of aliphatic hydroxyl groups excluding tert-OH is 1. The fourth-order valence-electron chi connectivity index (χ4n) is 1.69. The van der Waals surface area contributed by atoms with Gasteiger partial charge in [0.05, 0.1) is 0 Å². The van der Waals surface area contributed by atoms with Crippen LogP contribution >= 0.6 is 0 Å². The van der Waals surface area contributed by atoms with E-state index in [0.717, 1.165) is 19.3 Å². The maximum atomic E-state index is 8.97. The third-order valence-corrected chi connectivity index (χ3v) is 3.07. The van der Waals surface area contributed by atoms with Gasteiger partial charge in [-0.1, -0.05) is 37.3 Å². The van der Waals surface area contributed by atoms with Gasteiger partial charge in [-0.15, -0.1) is 0 Å². The summed E-state index contributed by atoms with van der Waals surface area (Å²) < 4.78 is 0. The lowest BCUT2D eigenvalue weighted by Crippen LogP contribution is -2.29. The van der Waals surface area contributed by atoms with Crippen LogP contribution in [0, 0.1) is 5.41 Å². The minimum absolute atomic E-state index is 0.0740. The van der Waals surface area contributed by atoms with E-state index in [-0.39, 0.29) is 12.0 Å². The molecule has 0 radical (unpaired) electrons. The number of benzene rings is 1. The maximum absolute atomic E-state index is 8.97. The molecule has 1 unspecified atom stereocenters. The van der Waals surface area contributed by atoms with Gasteiger partial charge in [0.25, 0.3) is 0 Å². The molecule has 0 fully saturated rings. The fraction of sp³-hybridized carbons (Fsp3) is 0.538. The van der Waals surface area contributed by atoms with E-state index >= 15 is 0 Å². The Labute approximate surface area is 92.1 Å². The fourth-order valence-corrected chi connectivity index (χ4v) is 1.69. The van der Waals surface area contributed by atoms with Crippen LogP contribution in [0.4, 0.5) is 0 Å². The van der Waals surface area contributed by atoms with Crippen LogP contribution in [0.25, 0.3) is 0 Å². The normalized spacial score (nSPS) is 14.9. The highest BCUT2D eigenvalue weighted by molar-refractivity contribution is 5.14. The van der Waals surface area contributed by atoms with Crippen LogP contribution in [0.3, 0.4) is 0 Å². The Balaban J connectivity index is 2.47. The average molecular weight is 207 g/mol. The van der Waals surface area contributed by atoms with Gasteiger partial charge in [-0.2, -0.15) is 0 Å². The SMILES string of the molecule is CC(CN)(CCO)CCc1ccccc1. The molecule has 1 aromatic rings. The van der Waals surface area contributed by atoms with Crippen LogP contribution in [0.1, 0.15) is 25.3 Å². The second-order valence-electron chi connectivity index (χ2n) is 4.47. The van der Waals surface area contributed by atoms with E-state index in [4.69, 9.17) is 10.8 Å². The van der Waals surface area contributed by atoms with E-state index in [1.807, 2.05) is 6.07 Å². The monoisotopic (exact) mass is 207 g/mol. The first kappa shape index (κ1) is 12.2. The summed E-state index contributed by atoms with van der Waals surface area (Å²) in [6.45, 7) is 3.01. The van der Waals surface area contributed by atoms with Gasteiger partial charge in [0.15, 0.2) is 0 Å². The molecule has 0 aromatic heterocycles. The molecule has 0 amide bonds. The number of aryl methyl sites for hydroxylation is 1. The maximum Gasteiger partial charge on any atom is 0.0436 e. The van der Waals surface area contributed by atoms with Crippen LogP contribution in [-0.2, 0) is 6.42 Å². The molecular formula is C13H21NO. The van der Waals surface area contributed by atoms with Crippen LogP contribution in [0.5, 0.6) is 0 Å². The molecule has 2 nitrogen and oxygen atoms in total. The molecule has 3 N–H and O–H groups in total. The average Bonchev–Trinajstić information content (AvgIpc) is 2.28. The van der Waals surface area contributed by atoms with E-state index in [9.17, 15) is 0 Å². The van der Waals surface area contributed by atoms with Gasteiger partial charge in [0, 0.05) is 6.61 Å². The molecule has 1 atom stereocenters. The smallest absolute Gasteiger partial charge is 0.0436 e. The van der Waals surface area contributed by atoms with Crippen molar-refractivity contribution in [3.05, 3.63) is 35.9 Å². The Kier molecular flexibility index (Phi) is 4.79. The summed E-state index contributed by atoms with van der Waals surface area (Å²) in [5.41, 5.74) is 7.16. The van der Waals surface area contributed by atoms with Gasteiger partial charge in [-0.3, -0.25) is 0 Å². The van der Waals surface area contributed by atoms with Gasteiger partial charge in [-0.05, 0) is 36.8 Å². The molecule has 1 aromatic carbocycles. The predicted molar refractivity (Wildman–Crippen MR) is 63.6 cm³/mol. The van der Waals surface area contributed by atoms with E-state index in [2.05, 4.69) is 31.2 Å². The number of rotatable bonds is 6. The summed E-state index contributed by atoms with van der Waals surface area (Å²) >= 11 is 0. The predicted octanol–water partition coefficient (Wildman–Crippen LogP) is 1.97. The highest BCUT2D eigenvalue weighted by Crippen LogP contribution is 2.26. The van der Waals surface area contributed by atoms with E-state index in [1.54, 1.807) is 0 Å². The lowest BCUT2D eigenvalue weighted by molar-refractivity contribution is 0.192. The Morgan fingerprint density at radius 2 is 1.87 bits per heavy atom. The summed E-state index contributed by atoms with van der Waals surface area (Å²) in [6.07, 6.45) is 2.86. The third-order valence-electron chi connectivity index (χ3n) is 3.07. The highest BCUT2D eigenvalue weighted by atomic mass is 16.3. The molecule has 0 aliphatic carbocycles. The van der Waals surface area contributed by atoms with Crippen molar-refractivity contribution in [2.75, 3.05) is 13.2 Å². The molecule has 2 heteroatoms. The Morgan fingerprint density at radius 1 is 1.20 bits per heavy atom. The van der Waals surface area contributed by atoms with Crippen LogP contribution in [0.2, 0.25) is 0 Å². The molecular weight excluding hydrogens is 186 g/mol. The quantitative estimate of drug-likeness (QED) is 0.749. The summed E-state index contributed by atoms with van der Waals surface area (Å²) in [5.74, 6) is 0. The number of hydrogen-bond donors (Lipinski definition) is 2. The van der Waals surface area contributed by atoms with Crippen LogP contribution < -0.4 is 5.73 Å². The van der Waals surface area contributed by atoms with Crippen molar-refractivity contribution in [1.82, 2.24) is 0 Å². The molecule has 15 heavy (non-hydrogen) atoms. The molecule has 0 spiro atoms. The largest absolute Gasteiger partial charge is 0.396 e. The van der Waals surface area contributed by atoms with Crippen molar-refractivity contribution >= 4 is 0 Å². The zero-order valence-electron chi connectivity index (χ0n) is 9.45. The third kappa shape index (κ3) is 4.02. The molecule has 0 aliphatic heterocycles. The molecule has 84 valence electrons. The zero-order valence-corrected chi connectivity index (χ0v) is 9.45. The Hall–Kier alpha value is -0.860. The van der Waals surface area contributed by atoms with Gasteiger partial charge in [0.2, 0.25) is 0 Å². The topological polar surface area (TPSA) is 46.2 Å².